The van der Waals surface area contributed by atoms with Gasteiger partial charge in [-0.05, 0) is 45.0 Å². The molecule has 1 aliphatic rings. The zero-order valence-corrected chi connectivity index (χ0v) is 11.1. The van der Waals surface area contributed by atoms with Crippen LogP contribution in [0.4, 0.5) is 17.1 Å². The van der Waals surface area contributed by atoms with E-state index in [4.69, 9.17) is 5.73 Å². The molecule has 0 spiro atoms. The van der Waals surface area contributed by atoms with E-state index in [9.17, 15) is 10.1 Å². The molecule has 6 heteroatoms. The molecule has 1 heterocycles. The summed E-state index contributed by atoms with van der Waals surface area (Å²) in [4.78, 5) is 12.7. The van der Waals surface area contributed by atoms with Crippen molar-refractivity contribution in [3.05, 3.63) is 28.3 Å². The summed E-state index contributed by atoms with van der Waals surface area (Å²) >= 11 is 0. The van der Waals surface area contributed by atoms with Gasteiger partial charge in [-0.25, -0.2) is 0 Å². The molecule has 1 aromatic rings. The number of hydrogen-bond acceptors (Lipinski definition) is 5. The van der Waals surface area contributed by atoms with Gasteiger partial charge in [-0.3, -0.25) is 15.0 Å². The van der Waals surface area contributed by atoms with Gasteiger partial charge in [-0.15, -0.1) is 0 Å². The molecule has 1 aromatic carbocycles. The van der Waals surface area contributed by atoms with Crippen molar-refractivity contribution >= 4 is 17.1 Å². The lowest BCUT2D eigenvalue weighted by Gasteiger charge is -2.24. The first kappa shape index (κ1) is 13.6. The number of rotatable bonds is 5. The number of nitro benzene ring substituents is 1. The van der Waals surface area contributed by atoms with Gasteiger partial charge < -0.3 is 11.1 Å². The van der Waals surface area contributed by atoms with Crippen molar-refractivity contribution in [3.63, 3.8) is 0 Å². The Morgan fingerprint density at radius 2 is 2.16 bits per heavy atom. The molecule has 1 saturated heterocycles. The minimum atomic E-state index is -0.466. The summed E-state index contributed by atoms with van der Waals surface area (Å²) in [5.41, 5.74) is 6.64. The highest BCUT2D eigenvalue weighted by Gasteiger charge is 2.18. The monoisotopic (exact) mass is 264 g/mol. The summed E-state index contributed by atoms with van der Waals surface area (Å²) in [5.74, 6) is 0. The minimum Gasteiger partial charge on any atom is -0.393 e. The zero-order valence-electron chi connectivity index (χ0n) is 11.1. The fourth-order valence-corrected chi connectivity index (χ4v) is 2.41. The van der Waals surface area contributed by atoms with Crippen molar-refractivity contribution in [2.45, 2.75) is 25.8 Å². The number of nitrogens with two attached hydrogens (primary N) is 1. The molecule has 0 radical (unpaired) electrons. The van der Waals surface area contributed by atoms with E-state index in [2.05, 4.69) is 17.1 Å². The average Bonchev–Trinajstić information content (AvgIpc) is 2.89. The van der Waals surface area contributed by atoms with Crippen molar-refractivity contribution in [1.29, 1.82) is 0 Å². The Bertz CT molecular complexity index is 458. The highest BCUT2D eigenvalue weighted by molar-refractivity contribution is 5.65. The van der Waals surface area contributed by atoms with Crippen molar-refractivity contribution in [3.8, 4) is 0 Å². The third-order valence-electron chi connectivity index (χ3n) is 3.59. The molecule has 0 bridgehead atoms. The SMILES string of the molecule is CC(CNc1ccc([N+](=O)[O-])c(N)c1)N1CCCC1. The third kappa shape index (κ3) is 3.35. The van der Waals surface area contributed by atoms with Crippen LogP contribution in [-0.4, -0.2) is 35.5 Å². The second-order valence-electron chi connectivity index (χ2n) is 5.00. The van der Waals surface area contributed by atoms with Crippen LogP contribution in [0.2, 0.25) is 0 Å². The second kappa shape index (κ2) is 5.88. The molecule has 1 fully saturated rings. The molecule has 6 nitrogen and oxygen atoms in total. The van der Waals surface area contributed by atoms with Gasteiger partial charge in [0.1, 0.15) is 5.69 Å². The normalized spacial score (nSPS) is 17.3. The van der Waals surface area contributed by atoms with Gasteiger partial charge in [-0.2, -0.15) is 0 Å². The molecular weight excluding hydrogens is 244 g/mol. The molecule has 3 N–H and O–H groups in total. The first-order valence-electron chi connectivity index (χ1n) is 6.60. The van der Waals surface area contributed by atoms with Crippen LogP contribution < -0.4 is 11.1 Å². The molecular formula is C13H20N4O2. The van der Waals surface area contributed by atoms with Gasteiger partial charge in [0.05, 0.1) is 4.92 Å². The average molecular weight is 264 g/mol. The predicted molar refractivity (Wildman–Crippen MR) is 76.3 cm³/mol. The Hall–Kier alpha value is -1.82. The van der Waals surface area contributed by atoms with E-state index in [0.29, 0.717) is 6.04 Å². The maximum atomic E-state index is 10.7. The van der Waals surface area contributed by atoms with Crippen molar-refractivity contribution < 1.29 is 4.92 Å². The number of nitro groups is 1. The molecule has 0 saturated carbocycles. The van der Waals surface area contributed by atoms with Crippen molar-refractivity contribution in [2.24, 2.45) is 0 Å². The third-order valence-corrected chi connectivity index (χ3v) is 3.59. The molecule has 1 unspecified atom stereocenters. The highest BCUT2D eigenvalue weighted by Crippen LogP contribution is 2.24. The van der Waals surface area contributed by atoms with E-state index in [1.807, 2.05) is 0 Å². The number of nitrogen functional groups attached to an aromatic ring is 1. The van der Waals surface area contributed by atoms with Gasteiger partial charge >= 0.3 is 0 Å². The van der Waals surface area contributed by atoms with Crippen LogP contribution in [0, 0.1) is 10.1 Å². The lowest BCUT2D eigenvalue weighted by molar-refractivity contribution is -0.383. The Morgan fingerprint density at radius 1 is 1.47 bits per heavy atom. The molecule has 1 atom stereocenters. The van der Waals surface area contributed by atoms with E-state index in [1.165, 1.54) is 18.9 Å². The van der Waals surface area contributed by atoms with Crippen LogP contribution in [0.3, 0.4) is 0 Å². The molecule has 1 aliphatic heterocycles. The number of nitrogens with zero attached hydrogens (tertiary/aromatic N) is 2. The number of benzene rings is 1. The maximum absolute atomic E-state index is 10.7. The largest absolute Gasteiger partial charge is 0.393 e. The summed E-state index contributed by atoms with van der Waals surface area (Å²) < 4.78 is 0. The van der Waals surface area contributed by atoms with Crippen LogP contribution >= 0.6 is 0 Å². The van der Waals surface area contributed by atoms with E-state index >= 15 is 0 Å². The standard InChI is InChI=1S/C13H20N4O2/c1-10(16-6-2-3-7-16)9-15-11-4-5-13(17(18)19)12(14)8-11/h4-5,8,10,15H,2-3,6-7,9,14H2,1H3. The summed E-state index contributed by atoms with van der Waals surface area (Å²) in [6, 6.07) is 5.22. The van der Waals surface area contributed by atoms with E-state index in [1.54, 1.807) is 12.1 Å². The number of likely N-dealkylation sites (tertiary alicyclic amines) is 1. The van der Waals surface area contributed by atoms with Crippen LogP contribution in [0.25, 0.3) is 0 Å². The smallest absolute Gasteiger partial charge is 0.292 e. The van der Waals surface area contributed by atoms with Gasteiger partial charge in [0.2, 0.25) is 0 Å². The number of anilines is 2. The van der Waals surface area contributed by atoms with Gasteiger partial charge in [0, 0.05) is 24.3 Å². The number of nitrogens with one attached hydrogen (secondary N) is 1. The fourth-order valence-electron chi connectivity index (χ4n) is 2.41. The van der Waals surface area contributed by atoms with E-state index < -0.39 is 4.92 Å². The molecule has 0 aliphatic carbocycles. The molecule has 19 heavy (non-hydrogen) atoms. The van der Waals surface area contributed by atoms with Crippen molar-refractivity contribution in [1.82, 2.24) is 4.90 Å². The molecule has 2 rings (SSSR count). The van der Waals surface area contributed by atoms with Crippen LogP contribution in [0.1, 0.15) is 19.8 Å². The lowest BCUT2D eigenvalue weighted by atomic mass is 10.2. The second-order valence-corrected chi connectivity index (χ2v) is 5.00. The Morgan fingerprint density at radius 3 is 2.74 bits per heavy atom. The summed E-state index contributed by atoms with van der Waals surface area (Å²) in [6.45, 7) is 5.32. The fraction of sp³-hybridized carbons (Fsp3) is 0.538. The van der Waals surface area contributed by atoms with E-state index in [0.717, 1.165) is 25.3 Å². The summed E-state index contributed by atoms with van der Waals surface area (Å²) in [5, 5.41) is 14.0. The lowest BCUT2D eigenvalue weighted by Crippen LogP contribution is -2.35. The molecule has 104 valence electrons. The Labute approximate surface area is 112 Å². The van der Waals surface area contributed by atoms with E-state index in [-0.39, 0.29) is 11.4 Å². The minimum absolute atomic E-state index is 0.0434. The van der Waals surface area contributed by atoms with Gasteiger partial charge in [-0.1, -0.05) is 0 Å². The summed E-state index contributed by atoms with van der Waals surface area (Å²) in [7, 11) is 0. The topological polar surface area (TPSA) is 84.4 Å². The first-order valence-corrected chi connectivity index (χ1v) is 6.60. The number of hydrogen-bond donors (Lipinski definition) is 2. The van der Waals surface area contributed by atoms with Crippen LogP contribution in [0.5, 0.6) is 0 Å². The highest BCUT2D eigenvalue weighted by atomic mass is 16.6. The molecule has 0 aromatic heterocycles. The quantitative estimate of drug-likeness (QED) is 0.483. The molecule has 0 amide bonds. The van der Waals surface area contributed by atoms with Crippen LogP contribution in [0.15, 0.2) is 18.2 Å². The van der Waals surface area contributed by atoms with Gasteiger partial charge in [0.15, 0.2) is 0 Å². The Balaban J connectivity index is 1.92. The zero-order chi connectivity index (χ0) is 13.8. The first-order chi connectivity index (χ1) is 9.08. The Kier molecular flexibility index (Phi) is 4.21. The van der Waals surface area contributed by atoms with Gasteiger partial charge in [0.25, 0.3) is 5.69 Å². The predicted octanol–water partition coefficient (Wildman–Crippen LogP) is 2.07. The van der Waals surface area contributed by atoms with Crippen LogP contribution in [-0.2, 0) is 0 Å². The van der Waals surface area contributed by atoms with Crippen molar-refractivity contribution in [2.75, 3.05) is 30.7 Å². The maximum Gasteiger partial charge on any atom is 0.292 e. The summed E-state index contributed by atoms with van der Waals surface area (Å²) in [6.07, 6.45) is 2.55.